The highest BCUT2D eigenvalue weighted by Crippen LogP contribution is 2.16. The number of anilines is 1. The summed E-state index contributed by atoms with van der Waals surface area (Å²) in [6, 6.07) is 12.0. The van der Waals surface area contributed by atoms with E-state index in [-0.39, 0.29) is 0 Å². The molecule has 0 N–H and O–H groups in total. The molecule has 88 valence electrons. The summed E-state index contributed by atoms with van der Waals surface area (Å²) in [5.74, 6) is 0. The first-order valence-electron chi connectivity index (χ1n) is 5.80. The van der Waals surface area contributed by atoms with Crippen molar-refractivity contribution in [3.63, 3.8) is 0 Å². The van der Waals surface area contributed by atoms with E-state index in [0.717, 1.165) is 30.8 Å². The Balaban J connectivity index is 2.20. The minimum atomic E-state index is 0.756. The molecule has 0 saturated heterocycles. The van der Waals surface area contributed by atoms with Gasteiger partial charge in [0, 0.05) is 30.3 Å². The zero-order chi connectivity index (χ0) is 12.1. The maximum absolute atomic E-state index is 10.9. The number of benzene rings is 1. The van der Waals surface area contributed by atoms with Crippen LogP contribution in [-0.4, -0.2) is 17.5 Å². The smallest absolute Gasteiger partial charge is 0.214 e. The molecule has 0 atom stereocenters. The molecule has 1 amide bonds. The van der Waals surface area contributed by atoms with Gasteiger partial charge in [-0.25, -0.2) is 0 Å². The first kappa shape index (κ1) is 11.5. The van der Waals surface area contributed by atoms with Crippen LogP contribution in [0, 0.1) is 0 Å². The molecule has 2 aromatic rings. The van der Waals surface area contributed by atoms with Crippen LogP contribution in [0.1, 0.15) is 13.3 Å². The van der Waals surface area contributed by atoms with Crippen molar-refractivity contribution >= 4 is 12.1 Å². The number of hydrogen-bond acceptors (Lipinski definition) is 1. The molecule has 17 heavy (non-hydrogen) atoms. The van der Waals surface area contributed by atoms with Gasteiger partial charge in [0.25, 0.3) is 0 Å². The number of aromatic nitrogens is 1. The number of carbonyl (C=O) groups is 1. The van der Waals surface area contributed by atoms with Crippen molar-refractivity contribution < 1.29 is 4.79 Å². The summed E-state index contributed by atoms with van der Waals surface area (Å²) in [4.78, 5) is 12.7. The van der Waals surface area contributed by atoms with Crippen LogP contribution < -0.4 is 4.90 Å². The summed E-state index contributed by atoms with van der Waals surface area (Å²) in [6.07, 6.45) is 5.84. The highest BCUT2D eigenvalue weighted by molar-refractivity contribution is 5.75. The second-order valence-electron chi connectivity index (χ2n) is 3.91. The molecule has 0 spiro atoms. The largest absolute Gasteiger partial charge is 0.324 e. The first-order chi connectivity index (χ1) is 8.35. The van der Waals surface area contributed by atoms with Crippen LogP contribution in [-0.2, 0) is 4.79 Å². The molecule has 1 heterocycles. The van der Waals surface area contributed by atoms with Gasteiger partial charge >= 0.3 is 0 Å². The Morgan fingerprint density at radius 1 is 1.18 bits per heavy atom. The third-order valence-electron chi connectivity index (χ3n) is 2.68. The normalized spacial score (nSPS) is 10.2. The molecule has 3 heteroatoms. The van der Waals surface area contributed by atoms with Crippen LogP contribution in [0.2, 0.25) is 0 Å². The van der Waals surface area contributed by atoms with E-state index in [0.29, 0.717) is 0 Å². The third-order valence-corrected chi connectivity index (χ3v) is 2.68. The monoisotopic (exact) mass is 228 g/mol. The van der Waals surface area contributed by atoms with E-state index in [1.165, 1.54) is 0 Å². The number of hydrogen-bond donors (Lipinski definition) is 0. The van der Waals surface area contributed by atoms with Crippen LogP contribution in [0.5, 0.6) is 0 Å². The van der Waals surface area contributed by atoms with E-state index in [9.17, 15) is 4.79 Å². The molecular weight excluding hydrogens is 212 g/mol. The van der Waals surface area contributed by atoms with Crippen LogP contribution >= 0.6 is 0 Å². The van der Waals surface area contributed by atoms with E-state index in [4.69, 9.17) is 0 Å². The van der Waals surface area contributed by atoms with Gasteiger partial charge in [-0.3, -0.25) is 4.79 Å². The van der Waals surface area contributed by atoms with E-state index in [1.54, 1.807) is 4.90 Å². The summed E-state index contributed by atoms with van der Waals surface area (Å²) in [5, 5.41) is 0. The molecule has 0 aliphatic rings. The van der Waals surface area contributed by atoms with Crippen molar-refractivity contribution in [1.29, 1.82) is 0 Å². The molecule has 0 saturated carbocycles. The Morgan fingerprint density at radius 3 is 2.35 bits per heavy atom. The molecule has 0 aliphatic carbocycles. The lowest BCUT2D eigenvalue weighted by Gasteiger charge is -2.16. The molecular formula is C14H16N2O. The third kappa shape index (κ3) is 2.56. The lowest BCUT2D eigenvalue weighted by Crippen LogP contribution is -2.21. The van der Waals surface area contributed by atoms with E-state index < -0.39 is 0 Å². The standard InChI is InChI=1S/C14H16N2O/c1-2-9-16(12-17)14-7-5-13(6-8-14)15-10-3-4-11-15/h3-8,10-12H,2,9H2,1H3. The summed E-state index contributed by atoms with van der Waals surface area (Å²) >= 11 is 0. The Labute approximate surface area is 101 Å². The topological polar surface area (TPSA) is 25.2 Å². The molecule has 0 bridgehead atoms. The Kier molecular flexibility index (Phi) is 3.60. The fraction of sp³-hybridized carbons (Fsp3) is 0.214. The SMILES string of the molecule is CCCN(C=O)c1ccc(-n2cccc2)cc1. The molecule has 2 rings (SSSR count). The average Bonchev–Trinajstić information content (AvgIpc) is 2.90. The fourth-order valence-corrected chi connectivity index (χ4v) is 1.81. The van der Waals surface area contributed by atoms with E-state index in [1.807, 2.05) is 53.4 Å². The van der Waals surface area contributed by atoms with Crippen LogP contribution in [0.4, 0.5) is 5.69 Å². The molecule has 0 aliphatic heterocycles. The van der Waals surface area contributed by atoms with Gasteiger partial charge in [0.15, 0.2) is 0 Å². The van der Waals surface area contributed by atoms with Crippen molar-refractivity contribution in [3.8, 4) is 5.69 Å². The number of amides is 1. The van der Waals surface area contributed by atoms with Crippen molar-refractivity contribution in [2.45, 2.75) is 13.3 Å². The average molecular weight is 228 g/mol. The van der Waals surface area contributed by atoms with Gasteiger partial charge in [0.2, 0.25) is 6.41 Å². The fourth-order valence-electron chi connectivity index (χ4n) is 1.81. The molecule has 0 radical (unpaired) electrons. The van der Waals surface area contributed by atoms with Gasteiger partial charge < -0.3 is 9.47 Å². The highest BCUT2D eigenvalue weighted by Gasteiger charge is 2.03. The summed E-state index contributed by atoms with van der Waals surface area (Å²) < 4.78 is 2.04. The molecule has 0 unspecified atom stereocenters. The predicted molar refractivity (Wildman–Crippen MR) is 69.5 cm³/mol. The predicted octanol–water partition coefficient (Wildman–Crippen LogP) is 2.85. The zero-order valence-corrected chi connectivity index (χ0v) is 9.91. The van der Waals surface area contributed by atoms with Gasteiger partial charge in [0.05, 0.1) is 0 Å². The van der Waals surface area contributed by atoms with Gasteiger partial charge in [-0.05, 0) is 42.8 Å². The van der Waals surface area contributed by atoms with Gasteiger partial charge in [-0.2, -0.15) is 0 Å². The van der Waals surface area contributed by atoms with E-state index in [2.05, 4.69) is 6.92 Å². The molecule has 1 aromatic carbocycles. The quantitative estimate of drug-likeness (QED) is 0.722. The van der Waals surface area contributed by atoms with Crippen LogP contribution in [0.25, 0.3) is 5.69 Å². The lowest BCUT2D eigenvalue weighted by molar-refractivity contribution is -0.107. The maximum atomic E-state index is 10.9. The van der Waals surface area contributed by atoms with Crippen LogP contribution in [0.3, 0.4) is 0 Å². The highest BCUT2D eigenvalue weighted by atomic mass is 16.1. The van der Waals surface area contributed by atoms with Gasteiger partial charge in [0.1, 0.15) is 0 Å². The molecule has 0 fully saturated rings. The molecule has 1 aromatic heterocycles. The second kappa shape index (κ2) is 5.34. The number of carbonyl (C=O) groups excluding carboxylic acids is 1. The van der Waals surface area contributed by atoms with Crippen molar-refractivity contribution in [1.82, 2.24) is 4.57 Å². The van der Waals surface area contributed by atoms with Gasteiger partial charge in [-0.15, -0.1) is 0 Å². The zero-order valence-electron chi connectivity index (χ0n) is 9.91. The lowest BCUT2D eigenvalue weighted by atomic mass is 10.2. The summed E-state index contributed by atoms with van der Waals surface area (Å²) in [5.41, 5.74) is 2.04. The Morgan fingerprint density at radius 2 is 1.82 bits per heavy atom. The van der Waals surface area contributed by atoms with Crippen molar-refractivity contribution in [2.24, 2.45) is 0 Å². The minimum Gasteiger partial charge on any atom is -0.324 e. The number of rotatable bonds is 5. The number of nitrogens with zero attached hydrogens (tertiary/aromatic N) is 2. The van der Waals surface area contributed by atoms with Crippen LogP contribution in [0.15, 0.2) is 48.8 Å². The summed E-state index contributed by atoms with van der Waals surface area (Å²) in [7, 11) is 0. The van der Waals surface area contributed by atoms with Gasteiger partial charge in [-0.1, -0.05) is 6.92 Å². The minimum absolute atomic E-state index is 0.756. The summed E-state index contributed by atoms with van der Waals surface area (Å²) in [6.45, 7) is 2.82. The van der Waals surface area contributed by atoms with Crippen molar-refractivity contribution in [2.75, 3.05) is 11.4 Å². The first-order valence-corrected chi connectivity index (χ1v) is 5.80. The van der Waals surface area contributed by atoms with E-state index >= 15 is 0 Å². The van der Waals surface area contributed by atoms with Crippen molar-refractivity contribution in [3.05, 3.63) is 48.8 Å². The Hall–Kier alpha value is -2.03. The Bertz CT molecular complexity index is 459. The maximum Gasteiger partial charge on any atom is 0.214 e. The molecule has 3 nitrogen and oxygen atoms in total. The second-order valence-corrected chi connectivity index (χ2v) is 3.91.